The van der Waals surface area contributed by atoms with Gasteiger partial charge in [-0.15, -0.1) is 0 Å². The highest BCUT2D eigenvalue weighted by molar-refractivity contribution is 6.33. The first-order chi connectivity index (χ1) is 10.3. The number of rotatable bonds is 4. The first-order valence-corrected chi connectivity index (χ1v) is 7.27. The van der Waals surface area contributed by atoms with Crippen LogP contribution in [0.4, 0.5) is 5.69 Å². The number of hydrogen-bond acceptors (Lipinski definition) is 2. The fourth-order valence-corrected chi connectivity index (χ4v) is 2.59. The summed E-state index contributed by atoms with van der Waals surface area (Å²) in [5.41, 5.74) is 2.77. The van der Waals surface area contributed by atoms with Gasteiger partial charge in [0.1, 0.15) is 5.69 Å². The third-order valence-corrected chi connectivity index (χ3v) is 3.82. The van der Waals surface area contributed by atoms with Crippen LogP contribution in [-0.2, 0) is 6.54 Å². The van der Waals surface area contributed by atoms with Crippen molar-refractivity contribution in [2.75, 3.05) is 5.32 Å². The third-order valence-electron chi connectivity index (χ3n) is 3.15. The predicted molar refractivity (Wildman–Crippen MR) is 87.4 cm³/mol. The molecule has 2 aromatic carbocycles. The van der Waals surface area contributed by atoms with E-state index < -0.39 is 0 Å². The molecule has 3 aromatic rings. The summed E-state index contributed by atoms with van der Waals surface area (Å²) >= 11 is 12.5. The lowest BCUT2D eigenvalue weighted by Crippen LogP contribution is -2.05. The molecule has 0 aliphatic heterocycles. The number of halogens is 2. The summed E-state index contributed by atoms with van der Waals surface area (Å²) in [6.07, 6.45) is 3.59. The van der Waals surface area contributed by atoms with Gasteiger partial charge in [0.25, 0.3) is 0 Å². The number of benzene rings is 2. The minimum Gasteiger partial charge on any atom is -0.379 e. The Labute approximate surface area is 133 Å². The Kier molecular flexibility index (Phi) is 4.13. The van der Waals surface area contributed by atoms with Crippen LogP contribution in [0.15, 0.2) is 60.9 Å². The first kappa shape index (κ1) is 14.0. The molecule has 3 nitrogen and oxygen atoms in total. The summed E-state index contributed by atoms with van der Waals surface area (Å²) in [4.78, 5) is 0. The fraction of sp³-hybridized carbons (Fsp3) is 0.0625. The number of hydrogen-bond donors (Lipinski definition) is 1. The summed E-state index contributed by atoms with van der Waals surface area (Å²) in [5, 5.41) is 9.00. The van der Waals surface area contributed by atoms with Gasteiger partial charge < -0.3 is 5.32 Å². The maximum Gasteiger partial charge on any atom is 0.106 e. The Morgan fingerprint density at radius 1 is 0.952 bits per heavy atom. The van der Waals surface area contributed by atoms with Gasteiger partial charge in [0.2, 0.25) is 0 Å². The van der Waals surface area contributed by atoms with Crippen LogP contribution < -0.4 is 5.32 Å². The van der Waals surface area contributed by atoms with E-state index in [1.54, 1.807) is 10.9 Å². The van der Waals surface area contributed by atoms with Gasteiger partial charge in [0.05, 0.1) is 10.7 Å². The van der Waals surface area contributed by atoms with Crippen LogP contribution in [0.3, 0.4) is 0 Å². The lowest BCUT2D eigenvalue weighted by atomic mass is 10.2. The molecular weight excluding hydrogens is 305 g/mol. The molecule has 1 aromatic heterocycles. The smallest absolute Gasteiger partial charge is 0.106 e. The topological polar surface area (TPSA) is 29.9 Å². The maximum atomic E-state index is 6.31. The molecule has 0 radical (unpaired) electrons. The number of para-hydroxylation sites is 1. The summed E-state index contributed by atoms with van der Waals surface area (Å²) in [5.74, 6) is 0. The largest absolute Gasteiger partial charge is 0.379 e. The second-order valence-corrected chi connectivity index (χ2v) is 5.35. The minimum atomic E-state index is 0.619. The van der Waals surface area contributed by atoms with Crippen LogP contribution in [0, 0.1) is 0 Å². The molecule has 21 heavy (non-hydrogen) atoms. The Hall–Kier alpha value is -1.97. The summed E-state index contributed by atoms with van der Waals surface area (Å²) in [6, 6.07) is 15.3. The van der Waals surface area contributed by atoms with Crippen LogP contribution in [0.2, 0.25) is 10.0 Å². The molecule has 1 N–H and O–H groups in total. The molecular formula is C16H13Cl2N3. The van der Waals surface area contributed by atoms with Crippen molar-refractivity contribution in [3.8, 4) is 5.69 Å². The van der Waals surface area contributed by atoms with E-state index in [-0.39, 0.29) is 0 Å². The van der Waals surface area contributed by atoms with Crippen molar-refractivity contribution in [3.05, 3.63) is 76.5 Å². The molecule has 0 atom stereocenters. The second-order valence-electron chi connectivity index (χ2n) is 4.53. The van der Waals surface area contributed by atoms with Gasteiger partial charge in [-0.1, -0.05) is 47.5 Å². The molecule has 0 amide bonds. The van der Waals surface area contributed by atoms with Gasteiger partial charge in [-0.2, -0.15) is 5.10 Å². The van der Waals surface area contributed by atoms with E-state index in [0.717, 1.165) is 22.0 Å². The minimum absolute atomic E-state index is 0.619. The standard InChI is InChI=1S/C16H13Cl2N3/c17-13-6-2-1-5-12(13)11-19-15-8-3-7-14(18)16(15)21-10-4-9-20-21/h1-10,19H,11H2. The van der Waals surface area contributed by atoms with Gasteiger partial charge in [-0.25, -0.2) is 4.68 Å². The van der Waals surface area contributed by atoms with Crippen molar-refractivity contribution >= 4 is 28.9 Å². The summed E-state index contributed by atoms with van der Waals surface area (Å²) < 4.78 is 1.75. The van der Waals surface area contributed by atoms with E-state index in [0.29, 0.717) is 11.6 Å². The van der Waals surface area contributed by atoms with Crippen molar-refractivity contribution in [3.63, 3.8) is 0 Å². The van der Waals surface area contributed by atoms with Crippen LogP contribution in [0.1, 0.15) is 5.56 Å². The lowest BCUT2D eigenvalue weighted by molar-refractivity contribution is 0.879. The van der Waals surface area contributed by atoms with Crippen molar-refractivity contribution in [2.45, 2.75) is 6.54 Å². The van der Waals surface area contributed by atoms with Crippen molar-refractivity contribution in [1.29, 1.82) is 0 Å². The Morgan fingerprint density at radius 3 is 2.52 bits per heavy atom. The summed E-state index contributed by atoms with van der Waals surface area (Å²) in [6.45, 7) is 0.619. The van der Waals surface area contributed by atoms with Gasteiger partial charge in [0.15, 0.2) is 0 Å². The molecule has 0 unspecified atom stereocenters. The highest BCUT2D eigenvalue weighted by Gasteiger charge is 2.09. The number of nitrogens with one attached hydrogen (secondary N) is 1. The zero-order valence-electron chi connectivity index (χ0n) is 11.1. The molecule has 0 bridgehead atoms. The average molecular weight is 318 g/mol. The molecule has 0 aliphatic rings. The molecule has 0 saturated heterocycles. The van der Waals surface area contributed by atoms with Crippen LogP contribution in [0.5, 0.6) is 0 Å². The summed E-state index contributed by atoms with van der Waals surface area (Å²) in [7, 11) is 0. The Morgan fingerprint density at radius 2 is 1.76 bits per heavy atom. The first-order valence-electron chi connectivity index (χ1n) is 6.51. The number of nitrogens with zero attached hydrogens (tertiary/aromatic N) is 2. The van der Waals surface area contributed by atoms with E-state index in [4.69, 9.17) is 23.2 Å². The van der Waals surface area contributed by atoms with Crippen LogP contribution in [0.25, 0.3) is 5.69 Å². The Balaban J connectivity index is 1.90. The highest BCUT2D eigenvalue weighted by atomic mass is 35.5. The van der Waals surface area contributed by atoms with Crippen LogP contribution >= 0.6 is 23.2 Å². The molecule has 1 heterocycles. The normalized spacial score (nSPS) is 10.6. The van der Waals surface area contributed by atoms with Gasteiger partial charge in [-0.3, -0.25) is 0 Å². The van der Waals surface area contributed by atoms with E-state index in [1.807, 2.05) is 54.7 Å². The van der Waals surface area contributed by atoms with Gasteiger partial charge in [-0.05, 0) is 29.8 Å². The molecule has 0 fully saturated rings. The monoisotopic (exact) mass is 317 g/mol. The number of anilines is 1. The Bertz CT molecular complexity index is 739. The van der Waals surface area contributed by atoms with Crippen LogP contribution in [-0.4, -0.2) is 9.78 Å². The molecule has 0 saturated carbocycles. The van der Waals surface area contributed by atoms with E-state index in [2.05, 4.69) is 10.4 Å². The zero-order valence-corrected chi connectivity index (χ0v) is 12.6. The SMILES string of the molecule is Clc1ccccc1CNc1cccc(Cl)c1-n1cccn1. The molecule has 0 spiro atoms. The van der Waals surface area contributed by atoms with Crippen molar-refractivity contribution in [1.82, 2.24) is 9.78 Å². The van der Waals surface area contributed by atoms with E-state index in [9.17, 15) is 0 Å². The van der Waals surface area contributed by atoms with E-state index in [1.165, 1.54) is 0 Å². The fourth-order valence-electron chi connectivity index (χ4n) is 2.12. The van der Waals surface area contributed by atoms with Crippen molar-refractivity contribution < 1.29 is 0 Å². The van der Waals surface area contributed by atoms with Gasteiger partial charge >= 0.3 is 0 Å². The van der Waals surface area contributed by atoms with Crippen molar-refractivity contribution in [2.24, 2.45) is 0 Å². The molecule has 5 heteroatoms. The maximum absolute atomic E-state index is 6.31. The second kappa shape index (κ2) is 6.20. The third kappa shape index (κ3) is 3.04. The highest BCUT2D eigenvalue weighted by Crippen LogP contribution is 2.28. The quantitative estimate of drug-likeness (QED) is 0.749. The average Bonchev–Trinajstić information content (AvgIpc) is 3.00. The zero-order chi connectivity index (χ0) is 14.7. The molecule has 106 valence electrons. The molecule has 0 aliphatic carbocycles. The predicted octanol–water partition coefficient (Wildman–Crippen LogP) is 4.79. The van der Waals surface area contributed by atoms with Gasteiger partial charge in [0, 0.05) is 24.0 Å². The number of aromatic nitrogens is 2. The van der Waals surface area contributed by atoms with E-state index >= 15 is 0 Å². The lowest BCUT2D eigenvalue weighted by Gasteiger charge is -2.14. The molecule has 3 rings (SSSR count).